The van der Waals surface area contributed by atoms with E-state index in [2.05, 4.69) is 36.3 Å². The molecule has 1 N–H and O–H groups in total. The number of hydrogen-bond acceptors (Lipinski definition) is 4. The summed E-state index contributed by atoms with van der Waals surface area (Å²) in [5.41, 5.74) is 1.18. The van der Waals surface area contributed by atoms with E-state index in [-0.39, 0.29) is 29.8 Å². The molecular weight excluding hydrogens is 430 g/mol. The van der Waals surface area contributed by atoms with Crippen LogP contribution < -0.4 is 5.32 Å². The van der Waals surface area contributed by atoms with Crippen molar-refractivity contribution >= 4 is 23.2 Å². The number of likely N-dealkylation sites (tertiary alicyclic amines) is 1. The maximum atomic E-state index is 13.1. The predicted molar refractivity (Wildman–Crippen MR) is 135 cm³/mol. The van der Waals surface area contributed by atoms with Gasteiger partial charge in [-0.1, -0.05) is 63.9 Å². The van der Waals surface area contributed by atoms with Crippen LogP contribution in [0.5, 0.6) is 0 Å². The molecule has 5 nitrogen and oxygen atoms in total. The Morgan fingerprint density at radius 1 is 1.24 bits per heavy atom. The van der Waals surface area contributed by atoms with Crippen LogP contribution >= 0.6 is 11.3 Å². The summed E-state index contributed by atoms with van der Waals surface area (Å²) in [5, 5.41) is 6.12. The number of thiazole rings is 1. The molecule has 3 rings (SSSR count). The van der Waals surface area contributed by atoms with Crippen molar-refractivity contribution in [2.24, 2.45) is 11.8 Å². The maximum Gasteiger partial charge on any atom is 0.223 e. The van der Waals surface area contributed by atoms with Crippen LogP contribution in [0.3, 0.4) is 0 Å². The third-order valence-corrected chi connectivity index (χ3v) is 7.79. The van der Waals surface area contributed by atoms with Crippen LogP contribution in [-0.2, 0) is 16.0 Å². The van der Waals surface area contributed by atoms with E-state index in [1.54, 1.807) is 17.5 Å². The van der Waals surface area contributed by atoms with E-state index in [9.17, 15) is 9.59 Å². The fourth-order valence-electron chi connectivity index (χ4n) is 4.64. The molecule has 1 aliphatic heterocycles. The lowest BCUT2D eigenvalue weighted by Gasteiger charge is -2.28. The van der Waals surface area contributed by atoms with Crippen LogP contribution in [-0.4, -0.2) is 34.3 Å². The maximum absolute atomic E-state index is 13.1. The summed E-state index contributed by atoms with van der Waals surface area (Å²) in [7, 11) is 0. The normalized spacial score (nSPS) is 18.6. The lowest BCUT2D eigenvalue weighted by molar-refractivity contribution is -0.133. The Bertz CT molecular complexity index is 856. The molecule has 6 heteroatoms. The van der Waals surface area contributed by atoms with Crippen LogP contribution in [0.25, 0.3) is 0 Å². The summed E-state index contributed by atoms with van der Waals surface area (Å²) >= 11 is 1.57. The first kappa shape index (κ1) is 25.4. The van der Waals surface area contributed by atoms with Crippen molar-refractivity contribution in [1.29, 1.82) is 0 Å². The Balaban J connectivity index is 1.55. The van der Waals surface area contributed by atoms with E-state index >= 15 is 0 Å². The molecular formula is C27H39N3O2S. The molecule has 0 saturated carbocycles. The number of carbonyl (C=O) groups is 2. The molecule has 33 heavy (non-hydrogen) atoms. The third-order valence-electron chi connectivity index (χ3n) is 6.90. The quantitative estimate of drug-likeness (QED) is 0.429. The van der Waals surface area contributed by atoms with Crippen LogP contribution in [0.15, 0.2) is 41.9 Å². The van der Waals surface area contributed by atoms with E-state index in [1.807, 2.05) is 35.4 Å². The molecule has 1 fully saturated rings. The number of nitrogens with zero attached hydrogens (tertiary/aromatic N) is 2. The second-order valence-corrected chi connectivity index (χ2v) is 10.5. The van der Waals surface area contributed by atoms with Gasteiger partial charge in [0.05, 0.1) is 6.04 Å². The Labute approximate surface area is 203 Å². The van der Waals surface area contributed by atoms with Gasteiger partial charge < -0.3 is 10.2 Å². The van der Waals surface area contributed by atoms with Gasteiger partial charge in [-0.05, 0) is 43.6 Å². The van der Waals surface area contributed by atoms with Gasteiger partial charge in [-0.25, -0.2) is 4.98 Å². The average Bonchev–Trinajstić information content (AvgIpc) is 3.51. The molecule has 180 valence electrons. The molecule has 0 unspecified atom stereocenters. The van der Waals surface area contributed by atoms with Gasteiger partial charge >= 0.3 is 0 Å². The molecule has 0 aliphatic carbocycles. The fourth-order valence-corrected chi connectivity index (χ4v) is 5.33. The SMILES string of the molecule is CC[C@H](C)CCCC(=O)N1CCC[C@H]1C[C@@H](C)C(=O)N[C@@H](Cc1ccccc1)c1nccs1. The zero-order valence-electron chi connectivity index (χ0n) is 20.3. The number of carbonyl (C=O) groups excluding carboxylic acids is 2. The van der Waals surface area contributed by atoms with E-state index in [4.69, 9.17) is 0 Å². The van der Waals surface area contributed by atoms with Gasteiger partial charge in [-0.15, -0.1) is 11.3 Å². The Hall–Kier alpha value is -2.21. The highest BCUT2D eigenvalue weighted by Crippen LogP contribution is 2.27. The van der Waals surface area contributed by atoms with Crippen molar-refractivity contribution in [3.05, 3.63) is 52.5 Å². The highest BCUT2D eigenvalue weighted by molar-refractivity contribution is 7.09. The Morgan fingerprint density at radius 3 is 2.73 bits per heavy atom. The standard InChI is InChI=1S/C27H39N3O2S/c1-4-20(2)10-8-14-25(31)30-16-9-13-23(30)18-21(3)26(32)29-24(27-28-15-17-33-27)19-22-11-6-5-7-12-22/h5-7,11-12,15,17,20-21,23-24H,4,8-10,13-14,16,18-19H2,1-3H3,(H,29,32)/t20-,21+,23-,24-/m0/s1. The van der Waals surface area contributed by atoms with Gasteiger partial charge in [0, 0.05) is 36.5 Å². The van der Waals surface area contributed by atoms with Crippen LogP contribution in [0.2, 0.25) is 0 Å². The van der Waals surface area contributed by atoms with Crippen molar-refractivity contribution in [2.75, 3.05) is 6.54 Å². The summed E-state index contributed by atoms with van der Waals surface area (Å²) in [6, 6.07) is 10.2. The number of hydrogen-bond donors (Lipinski definition) is 1. The monoisotopic (exact) mass is 469 g/mol. The van der Waals surface area contributed by atoms with Gasteiger partial charge in [-0.2, -0.15) is 0 Å². The number of benzene rings is 1. The van der Waals surface area contributed by atoms with Crippen LogP contribution in [0.1, 0.15) is 82.3 Å². The summed E-state index contributed by atoms with van der Waals surface area (Å²) in [5.74, 6) is 0.833. The van der Waals surface area contributed by atoms with Crippen molar-refractivity contribution in [3.8, 4) is 0 Å². The minimum atomic E-state index is -0.151. The number of amides is 2. The zero-order chi connectivity index (χ0) is 23.6. The van der Waals surface area contributed by atoms with E-state index in [0.717, 1.165) is 50.1 Å². The van der Waals surface area contributed by atoms with Crippen molar-refractivity contribution in [2.45, 2.75) is 84.2 Å². The van der Waals surface area contributed by atoms with Crippen molar-refractivity contribution < 1.29 is 9.59 Å². The lowest BCUT2D eigenvalue weighted by Crippen LogP contribution is -2.40. The first-order valence-corrected chi connectivity index (χ1v) is 13.4. The predicted octanol–water partition coefficient (Wildman–Crippen LogP) is 5.78. The number of nitrogens with one attached hydrogen (secondary N) is 1. The third kappa shape index (κ3) is 7.66. The lowest BCUT2D eigenvalue weighted by atomic mass is 9.97. The molecule has 0 spiro atoms. The molecule has 1 aromatic heterocycles. The Kier molecular flexibility index (Phi) is 9.92. The summed E-state index contributed by atoms with van der Waals surface area (Å²) in [6.07, 6.45) is 9.12. The van der Waals surface area contributed by atoms with Crippen molar-refractivity contribution in [1.82, 2.24) is 15.2 Å². The molecule has 2 heterocycles. The summed E-state index contributed by atoms with van der Waals surface area (Å²) in [4.78, 5) is 32.5. The molecule has 1 aliphatic rings. The molecule has 2 amide bonds. The van der Waals surface area contributed by atoms with Gasteiger partial charge in [-0.3, -0.25) is 9.59 Å². The largest absolute Gasteiger partial charge is 0.346 e. The highest BCUT2D eigenvalue weighted by Gasteiger charge is 2.31. The Morgan fingerprint density at radius 2 is 2.03 bits per heavy atom. The second kappa shape index (κ2) is 12.9. The summed E-state index contributed by atoms with van der Waals surface area (Å²) < 4.78 is 0. The van der Waals surface area contributed by atoms with Crippen molar-refractivity contribution in [3.63, 3.8) is 0 Å². The molecule has 0 radical (unpaired) electrons. The minimum Gasteiger partial charge on any atom is -0.346 e. The number of aromatic nitrogens is 1. The topological polar surface area (TPSA) is 62.3 Å². The minimum absolute atomic E-state index is 0.0437. The first-order valence-electron chi connectivity index (χ1n) is 12.5. The van der Waals surface area contributed by atoms with E-state index in [0.29, 0.717) is 12.3 Å². The highest BCUT2D eigenvalue weighted by atomic mass is 32.1. The molecule has 1 aromatic carbocycles. The van der Waals surface area contributed by atoms with Gasteiger partial charge in [0.2, 0.25) is 11.8 Å². The molecule has 0 bridgehead atoms. The fraction of sp³-hybridized carbons (Fsp3) is 0.593. The summed E-state index contributed by atoms with van der Waals surface area (Å²) in [6.45, 7) is 7.27. The van der Waals surface area contributed by atoms with Gasteiger partial charge in [0.1, 0.15) is 5.01 Å². The number of rotatable bonds is 12. The van der Waals surface area contributed by atoms with Gasteiger partial charge in [0.15, 0.2) is 0 Å². The van der Waals surface area contributed by atoms with E-state index < -0.39 is 0 Å². The van der Waals surface area contributed by atoms with E-state index in [1.165, 1.54) is 12.0 Å². The molecule has 1 saturated heterocycles. The molecule has 4 atom stereocenters. The molecule has 2 aromatic rings. The van der Waals surface area contributed by atoms with Crippen LogP contribution in [0, 0.1) is 11.8 Å². The van der Waals surface area contributed by atoms with Gasteiger partial charge in [0.25, 0.3) is 0 Å². The first-order chi connectivity index (χ1) is 16.0. The zero-order valence-corrected chi connectivity index (χ0v) is 21.2. The van der Waals surface area contributed by atoms with Crippen LogP contribution in [0.4, 0.5) is 0 Å². The average molecular weight is 470 g/mol. The second-order valence-electron chi connectivity index (χ2n) is 9.55. The smallest absolute Gasteiger partial charge is 0.223 e.